The molecule has 0 radical (unpaired) electrons. The van der Waals surface area contributed by atoms with Crippen molar-refractivity contribution >= 4 is 36.4 Å². The zero-order valence-corrected chi connectivity index (χ0v) is 9.48. The molecule has 0 amide bonds. The van der Waals surface area contributed by atoms with E-state index in [0.29, 0.717) is 0 Å². The summed E-state index contributed by atoms with van der Waals surface area (Å²) < 4.78 is 75.0. The van der Waals surface area contributed by atoms with E-state index in [4.69, 9.17) is 0 Å². The van der Waals surface area contributed by atoms with Crippen LogP contribution in [0.1, 0.15) is 0 Å². The van der Waals surface area contributed by atoms with Gasteiger partial charge in [-0.05, 0) is 0 Å². The zero-order chi connectivity index (χ0) is 12.3. The van der Waals surface area contributed by atoms with Gasteiger partial charge in [0.15, 0.2) is 0 Å². The summed E-state index contributed by atoms with van der Waals surface area (Å²) in [6.07, 6.45) is -10.6. The van der Waals surface area contributed by atoms with E-state index in [-0.39, 0.29) is 0 Å². The van der Waals surface area contributed by atoms with Crippen LogP contribution in [-0.4, -0.2) is 48.7 Å². The van der Waals surface area contributed by atoms with Gasteiger partial charge in [-0.25, -0.2) is 0 Å². The van der Waals surface area contributed by atoms with Gasteiger partial charge < -0.3 is 0 Å². The van der Waals surface area contributed by atoms with E-state index < -0.39 is 48.7 Å². The van der Waals surface area contributed by atoms with E-state index in [9.17, 15) is 35.9 Å². The third-order valence-electron chi connectivity index (χ3n) is 0.682. The van der Waals surface area contributed by atoms with Gasteiger partial charge in [-0.15, -0.1) is 0 Å². The fourth-order valence-electron chi connectivity index (χ4n) is 0.173. The van der Waals surface area contributed by atoms with Crippen molar-refractivity contribution < 1.29 is 41.5 Å². The Bertz CT molecular complexity index is 231. The minimum absolute atomic E-state index is 2.68. The predicted molar refractivity (Wildman–Crippen MR) is 30.0 cm³/mol. The van der Waals surface area contributed by atoms with Gasteiger partial charge in [0.1, 0.15) is 0 Å². The maximum atomic E-state index is 11.4. The van der Waals surface area contributed by atoms with Crippen LogP contribution in [0.2, 0.25) is 0 Å². The molecule has 0 aliphatic carbocycles. The summed E-state index contributed by atoms with van der Waals surface area (Å²) in [6, 6.07) is 0. The first-order valence-electron chi connectivity index (χ1n) is 2.78. The van der Waals surface area contributed by atoms with Gasteiger partial charge in [-0.1, -0.05) is 0 Å². The van der Waals surface area contributed by atoms with Crippen LogP contribution >= 0.6 is 0 Å². The number of alkyl halides is 6. The van der Waals surface area contributed by atoms with Crippen molar-refractivity contribution in [1.29, 1.82) is 0 Å². The Labute approximate surface area is 90.6 Å². The van der Waals surface area contributed by atoms with Gasteiger partial charge in [0.05, 0.1) is 0 Å². The number of rotatable bonds is 2. The first-order chi connectivity index (χ1) is 6.55. The second kappa shape index (κ2) is 4.96. The van der Waals surface area contributed by atoms with Crippen molar-refractivity contribution in [1.82, 2.24) is 0 Å². The Morgan fingerprint density at radius 1 is 0.800 bits per heavy atom. The van der Waals surface area contributed by atoms with Gasteiger partial charge in [0.2, 0.25) is 0 Å². The molecule has 0 saturated carbocycles. The molecule has 0 aliphatic heterocycles. The second-order valence-corrected chi connectivity index (χ2v) is 3.63. The summed E-state index contributed by atoms with van der Waals surface area (Å²) in [5.41, 5.74) is 0. The van der Waals surface area contributed by atoms with Crippen LogP contribution in [0.4, 0.5) is 26.3 Å². The van der Waals surface area contributed by atoms with E-state index in [1.807, 2.05) is 0 Å². The molecule has 0 atom stereocenters. The summed E-state index contributed by atoms with van der Waals surface area (Å²) in [5.74, 6) is -5.36. The molecule has 0 saturated heterocycles. The quantitative estimate of drug-likeness (QED) is 0.601. The van der Waals surface area contributed by atoms with Crippen LogP contribution in [0.3, 0.4) is 0 Å². The van der Waals surface area contributed by atoms with Gasteiger partial charge in [-0.3, -0.25) is 0 Å². The molecule has 0 heterocycles. The molecule has 11 heteroatoms. The molecular weight excluding hydrogens is 435 g/mol. The molecule has 0 rings (SSSR count). The average Bonchev–Trinajstić information content (AvgIpc) is 2.00. The van der Waals surface area contributed by atoms with Crippen molar-refractivity contribution in [3.05, 3.63) is 0 Å². The Morgan fingerprint density at radius 3 is 1.27 bits per heavy atom. The molecular formula is C4F6O4Po. The molecule has 15 heavy (non-hydrogen) atoms. The molecule has 0 aromatic rings. The molecule has 0 fully saturated rings. The van der Waals surface area contributed by atoms with Crippen molar-refractivity contribution in [3.8, 4) is 0 Å². The van der Waals surface area contributed by atoms with Gasteiger partial charge in [0, 0.05) is 0 Å². The van der Waals surface area contributed by atoms with Gasteiger partial charge in [0.25, 0.3) is 0 Å². The van der Waals surface area contributed by atoms with Crippen LogP contribution in [-0.2, 0) is 15.1 Å². The topological polar surface area (TPSA) is 52.6 Å². The maximum absolute atomic E-state index is 11.4. The van der Waals surface area contributed by atoms with Crippen molar-refractivity contribution in [2.45, 2.75) is 12.4 Å². The predicted octanol–water partition coefficient (Wildman–Crippen LogP) is 0.732. The molecule has 88 valence electrons. The Balaban J connectivity index is 3.92. The molecule has 0 aromatic carbocycles. The number of hydrogen-bond donors (Lipinski definition) is 0. The van der Waals surface area contributed by atoms with E-state index in [0.717, 1.165) is 0 Å². The normalized spacial score (nSPS) is 12.1. The Kier molecular flexibility index (Phi) is 4.77. The van der Waals surface area contributed by atoms with Crippen LogP contribution in [0.5, 0.6) is 0 Å². The second-order valence-electron chi connectivity index (χ2n) is 1.81. The van der Waals surface area contributed by atoms with Crippen LogP contribution in [0.25, 0.3) is 0 Å². The van der Waals surface area contributed by atoms with Crippen LogP contribution in [0, 0.1) is 0 Å². The van der Waals surface area contributed by atoms with Gasteiger partial charge in [-0.2, -0.15) is 0 Å². The number of carbonyl (C=O) groups is 2. The summed E-state index contributed by atoms with van der Waals surface area (Å²) >= 11 is -3.23. The first-order valence-corrected chi connectivity index (χ1v) is 5.38. The molecule has 0 spiro atoms. The molecule has 0 N–H and O–H groups in total. The average molecular weight is 435 g/mol. The number of carbonyl (C=O) groups excluding carboxylic acids is 2. The van der Waals surface area contributed by atoms with Crippen molar-refractivity contribution in [2.75, 3.05) is 0 Å². The first kappa shape index (κ1) is 14.4. The summed E-state index contributed by atoms with van der Waals surface area (Å²) in [7, 11) is 0. The number of halogens is 6. The van der Waals surface area contributed by atoms with E-state index in [2.05, 4.69) is 5.54 Å². The van der Waals surface area contributed by atoms with Crippen molar-refractivity contribution in [2.24, 2.45) is 0 Å². The summed E-state index contributed by atoms with van der Waals surface area (Å²) in [6.45, 7) is 0. The number of hydrogen-bond acceptors (Lipinski definition) is 4. The monoisotopic (exact) mass is 435 g/mol. The van der Waals surface area contributed by atoms with Crippen molar-refractivity contribution in [3.63, 3.8) is 0 Å². The van der Waals surface area contributed by atoms with Crippen LogP contribution < -0.4 is 0 Å². The summed E-state index contributed by atoms with van der Waals surface area (Å²) in [5, 5.41) is 0. The standard InChI is InChI=1S/2C2HF3O2.Po/c2*3-2(4,5)1(6)7;/h2*(H,6,7);/q;;+2/p-2. The minimum atomic E-state index is -5.31. The molecule has 0 unspecified atom stereocenters. The fourth-order valence-corrected chi connectivity index (χ4v) is 1.52. The third-order valence-corrected chi connectivity index (χ3v) is 2.39. The molecule has 0 aromatic heterocycles. The fraction of sp³-hybridized carbons (Fsp3) is 0.500. The SMILES string of the molecule is O=C([O][Po][O]C(=O)C(F)(F)F)C(F)(F)F. The van der Waals surface area contributed by atoms with E-state index in [1.54, 1.807) is 0 Å². The van der Waals surface area contributed by atoms with Crippen LogP contribution in [0.15, 0.2) is 0 Å². The Hall–Kier alpha value is -0.584. The van der Waals surface area contributed by atoms with Gasteiger partial charge >= 0.3 is 90.2 Å². The third kappa shape index (κ3) is 5.76. The molecule has 0 aliphatic rings. The molecule has 0 bridgehead atoms. The van der Waals surface area contributed by atoms with E-state index >= 15 is 0 Å². The molecule has 4 nitrogen and oxygen atoms in total. The summed E-state index contributed by atoms with van der Waals surface area (Å²) in [4.78, 5) is 19.8. The zero-order valence-electron chi connectivity index (χ0n) is 6.31. The van der Waals surface area contributed by atoms with E-state index in [1.165, 1.54) is 0 Å². The Morgan fingerprint density at radius 2 is 1.07 bits per heavy atom.